The van der Waals surface area contributed by atoms with Crippen LogP contribution in [0.5, 0.6) is 0 Å². The molecule has 0 aliphatic carbocycles. The van der Waals surface area contributed by atoms with Crippen LogP contribution in [0.3, 0.4) is 0 Å². The van der Waals surface area contributed by atoms with Crippen LogP contribution in [0.4, 0.5) is 0 Å². The molecule has 2 rings (SSSR count). The van der Waals surface area contributed by atoms with Gasteiger partial charge < -0.3 is 4.90 Å². The second kappa shape index (κ2) is 6.31. The molecule has 0 fully saturated rings. The number of hydrogen-bond acceptors (Lipinski definition) is 2. The van der Waals surface area contributed by atoms with Gasteiger partial charge in [-0.3, -0.25) is 4.98 Å². The molecule has 0 aliphatic rings. The summed E-state index contributed by atoms with van der Waals surface area (Å²) in [6.07, 6.45) is 6.02. The Labute approximate surface area is 109 Å². The van der Waals surface area contributed by atoms with E-state index in [0.717, 1.165) is 13.0 Å². The molecule has 2 nitrogen and oxygen atoms in total. The van der Waals surface area contributed by atoms with E-state index in [1.165, 1.54) is 23.1 Å². The molecule has 0 radical (unpaired) electrons. The van der Waals surface area contributed by atoms with Crippen molar-refractivity contribution in [3.8, 4) is 11.1 Å². The number of aryl methyl sites for hydroxylation is 1. The van der Waals surface area contributed by atoms with E-state index in [1.807, 2.05) is 24.5 Å². The Morgan fingerprint density at radius 3 is 2.11 bits per heavy atom. The van der Waals surface area contributed by atoms with Gasteiger partial charge in [0.2, 0.25) is 0 Å². The first-order valence-corrected chi connectivity index (χ1v) is 6.40. The molecule has 94 valence electrons. The Morgan fingerprint density at radius 1 is 0.889 bits per heavy atom. The van der Waals surface area contributed by atoms with Gasteiger partial charge in [0.15, 0.2) is 0 Å². The van der Waals surface area contributed by atoms with Gasteiger partial charge in [-0.15, -0.1) is 0 Å². The van der Waals surface area contributed by atoms with Crippen LogP contribution in [-0.2, 0) is 6.42 Å². The van der Waals surface area contributed by atoms with E-state index in [9.17, 15) is 0 Å². The van der Waals surface area contributed by atoms with E-state index in [2.05, 4.69) is 48.2 Å². The topological polar surface area (TPSA) is 16.1 Å². The minimum atomic E-state index is 1.14. The van der Waals surface area contributed by atoms with E-state index in [1.54, 1.807) is 0 Å². The average molecular weight is 240 g/mol. The monoisotopic (exact) mass is 240 g/mol. The third kappa shape index (κ3) is 3.67. The van der Waals surface area contributed by atoms with Crippen molar-refractivity contribution in [2.24, 2.45) is 0 Å². The molecule has 0 amide bonds. The maximum atomic E-state index is 4.04. The van der Waals surface area contributed by atoms with Crippen LogP contribution in [0.2, 0.25) is 0 Å². The molecule has 0 saturated carbocycles. The highest BCUT2D eigenvalue weighted by Crippen LogP contribution is 2.19. The van der Waals surface area contributed by atoms with Crippen molar-refractivity contribution >= 4 is 0 Å². The zero-order chi connectivity index (χ0) is 12.8. The Hall–Kier alpha value is -1.67. The Morgan fingerprint density at radius 2 is 1.50 bits per heavy atom. The summed E-state index contributed by atoms with van der Waals surface area (Å²) < 4.78 is 0. The van der Waals surface area contributed by atoms with Crippen molar-refractivity contribution in [2.45, 2.75) is 12.8 Å². The normalized spacial score (nSPS) is 10.8. The lowest BCUT2D eigenvalue weighted by Crippen LogP contribution is -2.13. The summed E-state index contributed by atoms with van der Waals surface area (Å²) in [7, 11) is 4.24. The van der Waals surface area contributed by atoms with Crippen LogP contribution >= 0.6 is 0 Å². The van der Waals surface area contributed by atoms with E-state index < -0.39 is 0 Å². The van der Waals surface area contributed by atoms with Crippen LogP contribution in [0.15, 0.2) is 48.8 Å². The number of benzene rings is 1. The molecule has 0 atom stereocenters. The van der Waals surface area contributed by atoms with Gasteiger partial charge in [0, 0.05) is 12.4 Å². The molecule has 1 heterocycles. The fourth-order valence-electron chi connectivity index (χ4n) is 2.01. The summed E-state index contributed by atoms with van der Waals surface area (Å²) in [5.41, 5.74) is 3.90. The maximum Gasteiger partial charge on any atom is 0.0273 e. The largest absolute Gasteiger partial charge is 0.309 e. The molecule has 0 unspecified atom stereocenters. The highest BCUT2D eigenvalue weighted by atomic mass is 15.0. The van der Waals surface area contributed by atoms with E-state index in [0.29, 0.717) is 0 Å². The minimum absolute atomic E-state index is 1.14. The van der Waals surface area contributed by atoms with Crippen molar-refractivity contribution in [3.63, 3.8) is 0 Å². The number of hydrogen-bond donors (Lipinski definition) is 0. The Balaban J connectivity index is 1.98. The van der Waals surface area contributed by atoms with Gasteiger partial charge in [-0.05, 0) is 62.3 Å². The lowest BCUT2D eigenvalue weighted by Gasteiger charge is -2.09. The van der Waals surface area contributed by atoms with Crippen LogP contribution in [0.1, 0.15) is 12.0 Å². The zero-order valence-corrected chi connectivity index (χ0v) is 11.1. The van der Waals surface area contributed by atoms with E-state index >= 15 is 0 Å². The van der Waals surface area contributed by atoms with Gasteiger partial charge in [0.25, 0.3) is 0 Å². The van der Waals surface area contributed by atoms with Crippen LogP contribution in [0.25, 0.3) is 11.1 Å². The highest BCUT2D eigenvalue weighted by molar-refractivity contribution is 5.62. The lowest BCUT2D eigenvalue weighted by atomic mass is 10.0. The SMILES string of the molecule is CN(C)CCCc1ccc(-c2ccncc2)cc1. The molecular weight excluding hydrogens is 220 g/mol. The summed E-state index contributed by atoms with van der Waals surface area (Å²) in [5, 5.41) is 0. The molecule has 0 bridgehead atoms. The van der Waals surface area contributed by atoms with Crippen LogP contribution < -0.4 is 0 Å². The number of pyridine rings is 1. The van der Waals surface area contributed by atoms with Gasteiger partial charge in [-0.2, -0.15) is 0 Å². The molecule has 0 N–H and O–H groups in total. The van der Waals surface area contributed by atoms with Crippen molar-refractivity contribution in [3.05, 3.63) is 54.4 Å². The molecule has 1 aromatic carbocycles. The molecule has 2 heteroatoms. The molecule has 1 aromatic heterocycles. The molecule has 2 aromatic rings. The van der Waals surface area contributed by atoms with Crippen molar-refractivity contribution in [1.29, 1.82) is 0 Å². The average Bonchev–Trinajstić information content (AvgIpc) is 2.40. The predicted molar refractivity (Wildman–Crippen MR) is 76.5 cm³/mol. The van der Waals surface area contributed by atoms with Gasteiger partial charge in [-0.25, -0.2) is 0 Å². The Kier molecular flexibility index (Phi) is 4.48. The lowest BCUT2D eigenvalue weighted by molar-refractivity contribution is 0.400. The molecule has 0 spiro atoms. The second-order valence-electron chi connectivity index (χ2n) is 4.84. The quantitative estimate of drug-likeness (QED) is 0.797. The molecular formula is C16H20N2. The predicted octanol–water partition coefficient (Wildman–Crippen LogP) is 3.24. The Bertz CT molecular complexity index is 460. The highest BCUT2D eigenvalue weighted by Gasteiger charge is 1.98. The van der Waals surface area contributed by atoms with Crippen LogP contribution in [0, 0.1) is 0 Å². The summed E-state index contributed by atoms with van der Waals surface area (Å²) in [4.78, 5) is 6.27. The van der Waals surface area contributed by atoms with E-state index in [-0.39, 0.29) is 0 Å². The first kappa shape index (κ1) is 12.8. The maximum absolute atomic E-state index is 4.04. The standard InChI is InChI=1S/C16H20N2/c1-18(2)13-3-4-14-5-7-15(8-6-14)16-9-11-17-12-10-16/h5-12H,3-4,13H2,1-2H3. The molecule has 18 heavy (non-hydrogen) atoms. The minimum Gasteiger partial charge on any atom is -0.309 e. The van der Waals surface area contributed by atoms with Crippen molar-refractivity contribution in [1.82, 2.24) is 9.88 Å². The van der Waals surface area contributed by atoms with Gasteiger partial charge >= 0.3 is 0 Å². The summed E-state index contributed by atoms with van der Waals surface area (Å²) in [6, 6.07) is 12.9. The van der Waals surface area contributed by atoms with Crippen molar-refractivity contribution in [2.75, 3.05) is 20.6 Å². The number of nitrogens with zero attached hydrogens (tertiary/aromatic N) is 2. The van der Waals surface area contributed by atoms with Gasteiger partial charge in [0.1, 0.15) is 0 Å². The third-order valence-electron chi connectivity index (χ3n) is 3.04. The van der Waals surface area contributed by atoms with Gasteiger partial charge in [0.05, 0.1) is 0 Å². The van der Waals surface area contributed by atoms with Crippen molar-refractivity contribution < 1.29 is 0 Å². The zero-order valence-electron chi connectivity index (χ0n) is 11.1. The van der Waals surface area contributed by atoms with E-state index in [4.69, 9.17) is 0 Å². The summed E-state index contributed by atoms with van der Waals surface area (Å²) in [5.74, 6) is 0. The second-order valence-corrected chi connectivity index (χ2v) is 4.84. The number of rotatable bonds is 5. The summed E-state index contributed by atoms with van der Waals surface area (Å²) in [6.45, 7) is 1.14. The molecule has 0 aliphatic heterocycles. The first-order chi connectivity index (χ1) is 8.75. The first-order valence-electron chi connectivity index (χ1n) is 6.40. The third-order valence-corrected chi connectivity index (χ3v) is 3.04. The fourth-order valence-corrected chi connectivity index (χ4v) is 2.01. The number of aromatic nitrogens is 1. The van der Waals surface area contributed by atoms with Gasteiger partial charge in [-0.1, -0.05) is 24.3 Å². The smallest absolute Gasteiger partial charge is 0.0273 e. The fraction of sp³-hybridized carbons (Fsp3) is 0.312. The molecule has 0 saturated heterocycles. The summed E-state index contributed by atoms with van der Waals surface area (Å²) >= 11 is 0. The van der Waals surface area contributed by atoms with Crippen LogP contribution in [-0.4, -0.2) is 30.5 Å².